The second-order valence-corrected chi connectivity index (χ2v) is 3.23. The zero-order chi connectivity index (χ0) is 9.97. The molecule has 70 valence electrons. The monoisotopic (exact) mass is 185 g/mol. The fourth-order valence-corrected chi connectivity index (χ4v) is 1.51. The highest BCUT2D eigenvalue weighted by Gasteiger charge is 2.01. The molecule has 0 saturated carbocycles. The normalized spacial score (nSPS) is 10.4. The Bertz CT molecular complexity index is 477. The summed E-state index contributed by atoms with van der Waals surface area (Å²) in [6, 6.07) is 7.62. The summed E-state index contributed by atoms with van der Waals surface area (Å²) < 4.78 is 0. The number of carbonyl (C=O) groups is 1. The number of benzene rings is 1. The van der Waals surface area contributed by atoms with E-state index in [0.29, 0.717) is 5.56 Å². The van der Waals surface area contributed by atoms with Crippen molar-refractivity contribution in [3.05, 3.63) is 41.6 Å². The molecule has 0 unspecified atom stereocenters. The maximum Gasteiger partial charge on any atom is 0.150 e. The summed E-state index contributed by atoms with van der Waals surface area (Å²) >= 11 is 0. The second kappa shape index (κ2) is 3.58. The van der Waals surface area contributed by atoms with Crippen molar-refractivity contribution in [2.45, 2.75) is 13.3 Å². The molecule has 0 aliphatic carbocycles. The molecule has 2 rings (SSSR count). The Morgan fingerprint density at radius 2 is 2.29 bits per heavy atom. The molecule has 2 aromatic rings. The number of aromatic nitrogens is 1. The van der Waals surface area contributed by atoms with Crippen molar-refractivity contribution >= 4 is 17.2 Å². The molecule has 0 radical (unpaired) electrons. The number of pyridine rings is 1. The molecule has 0 fully saturated rings. The van der Waals surface area contributed by atoms with Crippen molar-refractivity contribution in [2.24, 2.45) is 0 Å². The molecule has 0 saturated heterocycles. The van der Waals surface area contributed by atoms with E-state index in [0.717, 1.165) is 29.2 Å². The van der Waals surface area contributed by atoms with Crippen molar-refractivity contribution in [1.29, 1.82) is 0 Å². The lowest BCUT2D eigenvalue weighted by Gasteiger charge is -2.02. The number of fused-ring (bicyclic) bond motifs is 1. The molecule has 14 heavy (non-hydrogen) atoms. The molecule has 2 nitrogen and oxygen atoms in total. The predicted octanol–water partition coefficient (Wildman–Crippen LogP) is 2.61. The highest BCUT2D eigenvalue weighted by Crippen LogP contribution is 2.16. The largest absolute Gasteiger partial charge is 0.298 e. The van der Waals surface area contributed by atoms with Crippen LogP contribution in [-0.4, -0.2) is 11.3 Å². The first kappa shape index (κ1) is 8.88. The minimum Gasteiger partial charge on any atom is -0.298 e. The van der Waals surface area contributed by atoms with Crippen LogP contribution in [0, 0.1) is 0 Å². The van der Waals surface area contributed by atoms with Gasteiger partial charge in [-0.25, -0.2) is 0 Å². The van der Waals surface area contributed by atoms with Gasteiger partial charge in [0.25, 0.3) is 0 Å². The van der Waals surface area contributed by atoms with Crippen molar-refractivity contribution in [3.63, 3.8) is 0 Å². The summed E-state index contributed by atoms with van der Waals surface area (Å²) in [6.07, 6.45) is 3.68. The van der Waals surface area contributed by atoms with E-state index in [4.69, 9.17) is 0 Å². The van der Waals surface area contributed by atoms with Crippen LogP contribution in [0.3, 0.4) is 0 Å². The Morgan fingerprint density at radius 1 is 1.43 bits per heavy atom. The van der Waals surface area contributed by atoms with Crippen LogP contribution >= 0.6 is 0 Å². The van der Waals surface area contributed by atoms with Crippen LogP contribution in [0.1, 0.15) is 22.8 Å². The Hall–Kier alpha value is -1.70. The minimum atomic E-state index is 0.713. The Morgan fingerprint density at radius 3 is 3.00 bits per heavy atom. The summed E-state index contributed by atoms with van der Waals surface area (Å²) in [7, 11) is 0. The van der Waals surface area contributed by atoms with E-state index < -0.39 is 0 Å². The van der Waals surface area contributed by atoms with Gasteiger partial charge in [-0.05, 0) is 24.1 Å². The van der Waals surface area contributed by atoms with Gasteiger partial charge in [-0.15, -0.1) is 0 Å². The van der Waals surface area contributed by atoms with E-state index in [1.807, 2.05) is 30.5 Å². The lowest BCUT2D eigenvalue weighted by atomic mass is 10.1. The molecule has 0 aliphatic heterocycles. The lowest BCUT2D eigenvalue weighted by Crippen LogP contribution is -1.88. The molecule has 1 heterocycles. The smallest absolute Gasteiger partial charge is 0.150 e. The average molecular weight is 185 g/mol. The van der Waals surface area contributed by atoms with Gasteiger partial charge < -0.3 is 0 Å². The third-order valence-corrected chi connectivity index (χ3v) is 2.35. The Labute approximate surface area is 82.6 Å². The summed E-state index contributed by atoms with van der Waals surface area (Å²) in [5.74, 6) is 0. The third kappa shape index (κ3) is 1.39. The van der Waals surface area contributed by atoms with Crippen molar-refractivity contribution in [3.8, 4) is 0 Å². The average Bonchev–Trinajstić information content (AvgIpc) is 2.27. The van der Waals surface area contributed by atoms with Crippen LogP contribution in [0.2, 0.25) is 0 Å². The number of hydrogen-bond donors (Lipinski definition) is 0. The number of rotatable bonds is 2. The number of hydrogen-bond acceptors (Lipinski definition) is 2. The minimum absolute atomic E-state index is 0.713. The number of aryl methyl sites for hydroxylation is 1. The zero-order valence-corrected chi connectivity index (χ0v) is 8.03. The fraction of sp³-hybridized carbons (Fsp3) is 0.167. The topological polar surface area (TPSA) is 30.0 Å². The van der Waals surface area contributed by atoms with E-state index >= 15 is 0 Å². The molecule has 0 spiro atoms. The van der Waals surface area contributed by atoms with Gasteiger partial charge in [-0.3, -0.25) is 9.78 Å². The van der Waals surface area contributed by atoms with E-state index in [1.165, 1.54) is 0 Å². The summed E-state index contributed by atoms with van der Waals surface area (Å²) in [5.41, 5.74) is 2.75. The molecular formula is C12H11NO. The number of nitrogens with zero attached hydrogens (tertiary/aromatic N) is 1. The molecule has 0 aliphatic rings. The highest BCUT2D eigenvalue weighted by molar-refractivity contribution is 5.96. The molecule has 0 bridgehead atoms. The number of aldehydes is 1. The van der Waals surface area contributed by atoms with Gasteiger partial charge in [-0.1, -0.05) is 19.1 Å². The van der Waals surface area contributed by atoms with Gasteiger partial charge in [0.15, 0.2) is 6.29 Å². The summed E-state index contributed by atoms with van der Waals surface area (Å²) in [4.78, 5) is 15.1. The van der Waals surface area contributed by atoms with Gasteiger partial charge in [0.1, 0.15) is 0 Å². The van der Waals surface area contributed by atoms with E-state index in [-0.39, 0.29) is 0 Å². The van der Waals surface area contributed by atoms with Crippen LogP contribution in [0.15, 0.2) is 30.5 Å². The summed E-state index contributed by atoms with van der Waals surface area (Å²) in [5, 5.41) is 0.946. The lowest BCUT2D eigenvalue weighted by molar-refractivity contribution is 0.112. The van der Waals surface area contributed by atoms with Crippen LogP contribution in [0.5, 0.6) is 0 Å². The first-order valence-corrected chi connectivity index (χ1v) is 4.68. The standard InChI is InChI=1S/C12H11NO/c1-2-9-6-11-10(8-14)4-3-5-12(11)13-7-9/h3-8H,2H2,1H3. The first-order valence-electron chi connectivity index (χ1n) is 4.68. The van der Waals surface area contributed by atoms with Crippen molar-refractivity contribution in [1.82, 2.24) is 4.98 Å². The zero-order valence-electron chi connectivity index (χ0n) is 8.03. The van der Waals surface area contributed by atoms with Crippen LogP contribution in [-0.2, 0) is 6.42 Å². The van der Waals surface area contributed by atoms with E-state index in [1.54, 1.807) is 0 Å². The quantitative estimate of drug-likeness (QED) is 0.673. The first-order chi connectivity index (χ1) is 6.85. The van der Waals surface area contributed by atoms with Gasteiger partial charge in [0.2, 0.25) is 0 Å². The molecule has 1 aromatic heterocycles. The molecule has 0 N–H and O–H groups in total. The SMILES string of the molecule is CCc1cnc2cccc(C=O)c2c1. The molecule has 1 aromatic carbocycles. The fourth-order valence-electron chi connectivity index (χ4n) is 1.51. The van der Waals surface area contributed by atoms with Gasteiger partial charge in [0.05, 0.1) is 5.52 Å². The van der Waals surface area contributed by atoms with Gasteiger partial charge >= 0.3 is 0 Å². The maximum absolute atomic E-state index is 10.8. The number of carbonyl (C=O) groups excluding carboxylic acids is 1. The molecular weight excluding hydrogens is 174 g/mol. The van der Waals surface area contributed by atoms with Crippen LogP contribution in [0.25, 0.3) is 10.9 Å². The predicted molar refractivity (Wildman–Crippen MR) is 56.5 cm³/mol. The van der Waals surface area contributed by atoms with Crippen molar-refractivity contribution in [2.75, 3.05) is 0 Å². The molecule has 0 amide bonds. The third-order valence-electron chi connectivity index (χ3n) is 2.35. The van der Waals surface area contributed by atoms with E-state index in [9.17, 15) is 4.79 Å². The Kier molecular flexibility index (Phi) is 2.27. The second-order valence-electron chi connectivity index (χ2n) is 3.23. The van der Waals surface area contributed by atoms with Crippen LogP contribution in [0.4, 0.5) is 0 Å². The van der Waals surface area contributed by atoms with E-state index in [2.05, 4.69) is 11.9 Å². The molecule has 0 atom stereocenters. The van der Waals surface area contributed by atoms with Crippen LogP contribution < -0.4 is 0 Å². The molecule has 2 heteroatoms. The maximum atomic E-state index is 10.8. The Balaban J connectivity index is 2.76. The van der Waals surface area contributed by atoms with Crippen molar-refractivity contribution < 1.29 is 4.79 Å². The van der Waals surface area contributed by atoms with Gasteiger partial charge in [-0.2, -0.15) is 0 Å². The summed E-state index contributed by atoms with van der Waals surface area (Å²) in [6.45, 7) is 2.08. The van der Waals surface area contributed by atoms with Gasteiger partial charge in [0, 0.05) is 17.1 Å². The highest BCUT2D eigenvalue weighted by atomic mass is 16.1.